The number of amidine groups is 2. The van der Waals surface area contributed by atoms with Gasteiger partial charge in [0, 0.05) is 0 Å². The summed E-state index contributed by atoms with van der Waals surface area (Å²) in [5.41, 5.74) is 6.41. The molecule has 2 N–H and O–H groups in total. The Morgan fingerprint density at radius 1 is 1.40 bits per heavy atom. The lowest BCUT2D eigenvalue weighted by Gasteiger charge is -2.06. The largest absolute Gasteiger partial charge is 0.455 e. The molecule has 108 valence electrons. The number of alkyl halides is 1. The van der Waals surface area contributed by atoms with E-state index in [1.807, 2.05) is 59.8 Å². The van der Waals surface area contributed by atoms with E-state index in [1.54, 1.807) is 0 Å². The van der Waals surface area contributed by atoms with Gasteiger partial charge in [-0.15, -0.1) is 0 Å². The standard InChI is InChI=1S/C13H15I2N3O2/c1-2-10(14)17-11(18-13(15)16)12(19)20-8-9-6-4-3-5-7-9/h3-7,10H,2,8H2,1H3,(H2,16,17,18). The summed E-state index contributed by atoms with van der Waals surface area (Å²) in [6.07, 6.45) is 0.798. The van der Waals surface area contributed by atoms with Crippen molar-refractivity contribution in [1.29, 1.82) is 0 Å². The lowest BCUT2D eigenvalue weighted by atomic mass is 10.2. The number of hydrogen-bond acceptors (Lipinski definition) is 3. The molecular formula is C13H15I2N3O2. The number of aliphatic imine (C=N–C) groups is 2. The average Bonchev–Trinajstić information content (AvgIpc) is 2.44. The molecule has 0 aromatic heterocycles. The van der Waals surface area contributed by atoms with Crippen LogP contribution >= 0.6 is 45.2 Å². The molecule has 0 fully saturated rings. The smallest absolute Gasteiger partial charge is 0.376 e. The molecule has 0 aliphatic heterocycles. The van der Waals surface area contributed by atoms with Gasteiger partial charge in [-0.1, -0.05) is 59.8 Å². The molecule has 1 rings (SSSR count). The van der Waals surface area contributed by atoms with Crippen LogP contribution in [0.5, 0.6) is 0 Å². The number of ether oxygens (including phenoxy) is 1. The van der Waals surface area contributed by atoms with Crippen LogP contribution in [0.15, 0.2) is 40.3 Å². The molecule has 5 nitrogen and oxygen atoms in total. The van der Waals surface area contributed by atoms with E-state index in [-0.39, 0.29) is 20.3 Å². The van der Waals surface area contributed by atoms with E-state index < -0.39 is 5.97 Å². The second kappa shape index (κ2) is 9.27. The number of halogens is 2. The van der Waals surface area contributed by atoms with Crippen LogP contribution in [0.4, 0.5) is 0 Å². The normalized spacial score (nSPS) is 13.9. The summed E-state index contributed by atoms with van der Waals surface area (Å²) in [7, 11) is 0. The first-order valence-electron chi connectivity index (χ1n) is 5.95. The monoisotopic (exact) mass is 499 g/mol. The Kier molecular flexibility index (Phi) is 8.04. The highest BCUT2D eigenvalue weighted by Gasteiger charge is 2.14. The highest BCUT2D eigenvalue weighted by molar-refractivity contribution is 14.1. The molecular weight excluding hydrogens is 484 g/mol. The first-order valence-corrected chi connectivity index (χ1v) is 8.28. The zero-order valence-electron chi connectivity index (χ0n) is 10.9. The molecule has 0 amide bonds. The summed E-state index contributed by atoms with van der Waals surface area (Å²) in [5, 5.41) is 0. The lowest BCUT2D eigenvalue weighted by Crippen LogP contribution is -2.20. The summed E-state index contributed by atoms with van der Waals surface area (Å²) in [6.45, 7) is 2.16. The van der Waals surface area contributed by atoms with E-state index in [1.165, 1.54) is 0 Å². The summed E-state index contributed by atoms with van der Waals surface area (Å²) >= 11 is 3.96. The number of carbonyl (C=O) groups is 1. The zero-order chi connectivity index (χ0) is 15.0. The van der Waals surface area contributed by atoms with E-state index in [2.05, 4.69) is 32.6 Å². The summed E-state index contributed by atoms with van der Waals surface area (Å²) in [6, 6.07) is 9.44. The molecule has 0 saturated carbocycles. The minimum Gasteiger partial charge on any atom is -0.455 e. The van der Waals surface area contributed by atoms with Gasteiger partial charge in [-0.3, -0.25) is 0 Å². The summed E-state index contributed by atoms with van der Waals surface area (Å²) in [5.74, 6) is -0.558. The van der Waals surface area contributed by atoms with Gasteiger partial charge in [0.05, 0.1) is 0 Å². The Morgan fingerprint density at radius 2 is 2.05 bits per heavy atom. The minimum atomic E-state index is -0.566. The molecule has 0 spiro atoms. The summed E-state index contributed by atoms with van der Waals surface area (Å²) < 4.78 is 5.41. The number of nitrogens with zero attached hydrogens (tertiary/aromatic N) is 2. The van der Waals surface area contributed by atoms with Gasteiger partial charge in [0.2, 0.25) is 5.84 Å². The zero-order valence-corrected chi connectivity index (χ0v) is 15.2. The SMILES string of the molecule is CCC(I)N=C(N=C(N)I)C(=O)OCc1ccccc1. The number of rotatable bonds is 4. The fourth-order valence-electron chi connectivity index (χ4n) is 1.24. The predicted octanol–water partition coefficient (Wildman–Crippen LogP) is 3.05. The first kappa shape index (κ1) is 17.3. The van der Waals surface area contributed by atoms with E-state index in [9.17, 15) is 4.79 Å². The molecule has 20 heavy (non-hydrogen) atoms. The van der Waals surface area contributed by atoms with Gasteiger partial charge < -0.3 is 10.5 Å². The molecule has 0 bridgehead atoms. The molecule has 0 saturated heterocycles. The topological polar surface area (TPSA) is 77.0 Å². The van der Waals surface area contributed by atoms with Crippen molar-refractivity contribution in [3.8, 4) is 0 Å². The third kappa shape index (κ3) is 6.64. The first-order chi connectivity index (χ1) is 9.52. The number of nitrogens with two attached hydrogens (primary N) is 1. The summed E-state index contributed by atoms with van der Waals surface area (Å²) in [4.78, 5) is 20.1. The van der Waals surface area contributed by atoms with Gasteiger partial charge in [0.15, 0.2) is 3.84 Å². The second-order valence-electron chi connectivity index (χ2n) is 3.79. The molecule has 0 aliphatic carbocycles. The van der Waals surface area contributed by atoms with Crippen LogP contribution in [-0.2, 0) is 16.1 Å². The van der Waals surface area contributed by atoms with Crippen LogP contribution in [0, 0.1) is 0 Å². The maximum absolute atomic E-state index is 12.0. The highest BCUT2D eigenvalue weighted by Crippen LogP contribution is 2.09. The van der Waals surface area contributed by atoms with Crippen molar-refractivity contribution in [2.75, 3.05) is 0 Å². The maximum Gasteiger partial charge on any atom is 0.376 e. The molecule has 0 heterocycles. The fraction of sp³-hybridized carbons (Fsp3) is 0.308. The van der Waals surface area contributed by atoms with Crippen LogP contribution in [0.25, 0.3) is 0 Å². The van der Waals surface area contributed by atoms with Crippen LogP contribution < -0.4 is 5.73 Å². The van der Waals surface area contributed by atoms with Gasteiger partial charge in [0.1, 0.15) is 10.7 Å². The number of carbonyl (C=O) groups excluding carboxylic acids is 1. The van der Waals surface area contributed by atoms with Crippen molar-refractivity contribution < 1.29 is 9.53 Å². The minimum absolute atomic E-state index is 0.00841. The molecule has 1 aromatic rings. The number of esters is 1. The second-order valence-corrected chi connectivity index (χ2v) is 6.33. The third-order valence-corrected chi connectivity index (χ3v) is 3.61. The van der Waals surface area contributed by atoms with Gasteiger partial charge in [-0.25, -0.2) is 9.79 Å². The van der Waals surface area contributed by atoms with Crippen LogP contribution in [0.2, 0.25) is 0 Å². The maximum atomic E-state index is 12.0. The quantitative estimate of drug-likeness (QED) is 0.173. The Labute approximate surface area is 145 Å². The van der Waals surface area contributed by atoms with E-state index in [0.717, 1.165) is 12.0 Å². The van der Waals surface area contributed by atoms with Crippen LogP contribution in [0.3, 0.4) is 0 Å². The Hall–Kier alpha value is -0.710. The van der Waals surface area contributed by atoms with Crippen LogP contribution in [0.1, 0.15) is 18.9 Å². The van der Waals surface area contributed by atoms with E-state index in [0.29, 0.717) is 0 Å². The number of hydrogen-bond donors (Lipinski definition) is 1. The Balaban J connectivity index is 2.74. The van der Waals surface area contributed by atoms with Crippen LogP contribution in [-0.4, -0.2) is 19.7 Å². The molecule has 0 aliphatic rings. The molecule has 1 unspecified atom stereocenters. The van der Waals surface area contributed by atoms with Crippen molar-refractivity contribution in [2.24, 2.45) is 15.7 Å². The Bertz CT molecular complexity index is 500. The molecule has 0 radical (unpaired) electrons. The lowest BCUT2D eigenvalue weighted by molar-refractivity contribution is -0.136. The highest BCUT2D eigenvalue weighted by atomic mass is 127. The van der Waals surface area contributed by atoms with Gasteiger partial charge >= 0.3 is 5.97 Å². The van der Waals surface area contributed by atoms with E-state index in [4.69, 9.17) is 10.5 Å². The van der Waals surface area contributed by atoms with Gasteiger partial charge in [-0.05, 0) is 34.6 Å². The Morgan fingerprint density at radius 3 is 2.60 bits per heavy atom. The van der Waals surface area contributed by atoms with Crippen molar-refractivity contribution in [1.82, 2.24) is 0 Å². The van der Waals surface area contributed by atoms with Crippen molar-refractivity contribution >= 4 is 60.8 Å². The fourth-order valence-corrected chi connectivity index (χ4v) is 1.73. The van der Waals surface area contributed by atoms with Crippen molar-refractivity contribution in [2.45, 2.75) is 24.0 Å². The van der Waals surface area contributed by atoms with Gasteiger partial charge in [0.25, 0.3) is 0 Å². The number of benzene rings is 1. The molecule has 1 aromatic carbocycles. The third-order valence-electron chi connectivity index (χ3n) is 2.21. The van der Waals surface area contributed by atoms with Crippen molar-refractivity contribution in [3.05, 3.63) is 35.9 Å². The average molecular weight is 499 g/mol. The van der Waals surface area contributed by atoms with Gasteiger partial charge in [-0.2, -0.15) is 4.99 Å². The van der Waals surface area contributed by atoms with Crippen molar-refractivity contribution in [3.63, 3.8) is 0 Å². The predicted molar refractivity (Wildman–Crippen MR) is 97.4 cm³/mol. The van der Waals surface area contributed by atoms with E-state index >= 15 is 0 Å². The molecule has 7 heteroatoms. The molecule has 1 atom stereocenters.